The summed E-state index contributed by atoms with van der Waals surface area (Å²) in [7, 11) is 0. The van der Waals surface area contributed by atoms with E-state index in [1.165, 1.54) is 0 Å². The smallest absolute Gasteiger partial charge is 0.333 e. The number of nitrogens with one attached hydrogen (secondary N) is 1. The fraction of sp³-hybridized carbons (Fsp3) is 0.300. The Bertz CT molecular complexity index is 774. The van der Waals surface area contributed by atoms with Crippen molar-refractivity contribution in [3.63, 3.8) is 0 Å². The van der Waals surface area contributed by atoms with E-state index < -0.39 is 6.04 Å². The highest BCUT2D eigenvalue weighted by molar-refractivity contribution is 5.94. The molecule has 0 bridgehead atoms. The molecule has 25 heavy (non-hydrogen) atoms. The predicted octanol–water partition coefficient (Wildman–Crippen LogP) is 3.31. The van der Waals surface area contributed by atoms with Crippen molar-refractivity contribution in [2.75, 3.05) is 23.4 Å². The zero-order valence-corrected chi connectivity index (χ0v) is 14.5. The van der Waals surface area contributed by atoms with Gasteiger partial charge < -0.3 is 15.0 Å². The lowest BCUT2D eigenvalue weighted by atomic mass is 10.1. The first-order valence-corrected chi connectivity index (χ1v) is 8.49. The van der Waals surface area contributed by atoms with Gasteiger partial charge in [0.2, 0.25) is 5.91 Å². The summed E-state index contributed by atoms with van der Waals surface area (Å²) in [6.45, 7) is 4.41. The van der Waals surface area contributed by atoms with Crippen LogP contribution < -0.4 is 10.2 Å². The van der Waals surface area contributed by atoms with Crippen molar-refractivity contribution in [3.05, 3.63) is 59.7 Å². The second-order valence-corrected chi connectivity index (χ2v) is 6.00. The quantitative estimate of drug-likeness (QED) is 0.850. The van der Waals surface area contributed by atoms with Crippen molar-refractivity contribution >= 4 is 23.3 Å². The van der Waals surface area contributed by atoms with E-state index in [0.29, 0.717) is 13.2 Å². The number of fused-ring (bicyclic) bond motifs is 1. The van der Waals surface area contributed by atoms with Crippen LogP contribution in [0.15, 0.2) is 48.5 Å². The van der Waals surface area contributed by atoms with Gasteiger partial charge in [0, 0.05) is 24.8 Å². The first-order chi connectivity index (χ1) is 12.1. The van der Waals surface area contributed by atoms with Gasteiger partial charge in [-0.05, 0) is 42.7 Å². The van der Waals surface area contributed by atoms with Crippen LogP contribution in [0.5, 0.6) is 0 Å². The minimum Gasteiger partial charge on any atom is -0.464 e. The van der Waals surface area contributed by atoms with Crippen LogP contribution in [0, 0.1) is 0 Å². The van der Waals surface area contributed by atoms with Gasteiger partial charge in [-0.3, -0.25) is 4.79 Å². The van der Waals surface area contributed by atoms with Gasteiger partial charge in [0.25, 0.3) is 0 Å². The fourth-order valence-electron chi connectivity index (χ4n) is 3.13. The zero-order valence-electron chi connectivity index (χ0n) is 14.5. The van der Waals surface area contributed by atoms with Crippen molar-refractivity contribution in [1.82, 2.24) is 0 Å². The molecule has 2 aromatic carbocycles. The third-order valence-corrected chi connectivity index (χ3v) is 4.32. The van der Waals surface area contributed by atoms with E-state index >= 15 is 0 Å². The van der Waals surface area contributed by atoms with E-state index in [0.717, 1.165) is 28.9 Å². The lowest BCUT2D eigenvalue weighted by Crippen LogP contribution is -2.25. The first kappa shape index (κ1) is 17.0. The minimum atomic E-state index is -0.565. The molecular formula is C20H22N2O3. The molecule has 0 saturated heterocycles. The van der Waals surface area contributed by atoms with Gasteiger partial charge in [0.1, 0.15) is 0 Å². The van der Waals surface area contributed by atoms with Gasteiger partial charge in [-0.2, -0.15) is 0 Å². The normalized spacial score (nSPS) is 13.9. The number of amides is 1. The Kier molecular flexibility index (Phi) is 5.03. The molecule has 1 amide bonds. The summed E-state index contributed by atoms with van der Waals surface area (Å²) in [4.78, 5) is 25.8. The van der Waals surface area contributed by atoms with Crippen LogP contribution >= 0.6 is 0 Å². The zero-order chi connectivity index (χ0) is 17.8. The highest BCUT2D eigenvalue weighted by Gasteiger charge is 2.25. The number of anilines is 2. The predicted molar refractivity (Wildman–Crippen MR) is 97.6 cm³/mol. The number of carbonyl (C=O) groups is 2. The van der Waals surface area contributed by atoms with Crippen molar-refractivity contribution in [1.29, 1.82) is 0 Å². The van der Waals surface area contributed by atoms with E-state index in [9.17, 15) is 9.59 Å². The highest BCUT2D eigenvalue weighted by Crippen LogP contribution is 2.32. The molecule has 1 N–H and O–H groups in total. The van der Waals surface area contributed by atoms with E-state index in [1.54, 1.807) is 18.7 Å². The Morgan fingerprint density at radius 3 is 2.64 bits per heavy atom. The molecule has 0 fully saturated rings. The summed E-state index contributed by atoms with van der Waals surface area (Å²) in [6, 6.07) is 14.8. The molecule has 1 atom stereocenters. The van der Waals surface area contributed by atoms with Crippen molar-refractivity contribution in [3.8, 4) is 0 Å². The van der Waals surface area contributed by atoms with Gasteiger partial charge in [0.05, 0.1) is 6.61 Å². The Balaban J connectivity index is 1.85. The SMILES string of the molecule is CCOC(=O)[C@H](Nc1ccc2c(c1)CCN2C(C)=O)c1ccccc1. The third kappa shape index (κ3) is 3.65. The molecular weight excluding hydrogens is 316 g/mol. The Labute approximate surface area is 147 Å². The van der Waals surface area contributed by atoms with E-state index in [2.05, 4.69) is 5.32 Å². The first-order valence-electron chi connectivity index (χ1n) is 8.49. The average Bonchev–Trinajstić information content (AvgIpc) is 3.04. The van der Waals surface area contributed by atoms with E-state index in [1.807, 2.05) is 48.5 Å². The molecule has 1 aliphatic rings. The molecule has 0 aromatic heterocycles. The van der Waals surface area contributed by atoms with Gasteiger partial charge in [0.15, 0.2) is 6.04 Å². The number of benzene rings is 2. The topological polar surface area (TPSA) is 58.6 Å². The van der Waals surface area contributed by atoms with Gasteiger partial charge in [-0.25, -0.2) is 4.79 Å². The summed E-state index contributed by atoms with van der Waals surface area (Å²) >= 11 is 0. The van der Waals surface area contributed by atoms with E-state index in [-0.39, 0.29) is 11.9 Å². The second kappa shape index (κ2) is 7.38. The molecule has 0 radical (unpaired) electrons. The number of hydrogen-bond acceptors (Lipinski definition) is 4. The Hall–Kier alpha value is -2.82. The molecule has 0 spiro atoms. The van der Waals surface area contributed by atoms with Gasteiger partial charge in [-0.15, -0.1) is 0 Å². The number of nitrogens with zero attached hydrogens (tertiary/aromatic N) is 1. The molecule has 5 nitrogen and oxygen atoms in total. The van der Waals surface area contributed by atoms with Crippen molar-refractivity contribution in [2.24, 2.45) is 0 Å². The third-order valence-electron chi connectivity index (χ3n) is 4.32. The second-order valence-electron chi connectivity index (χ2n) is 6.00. The molecule has 0 saturated carbocycles. The van der Waals surface area contributed by atoms with Crippen LogP contribution in [0.2, 0.25) is 0 Å². The standard InChI is InChI=1S/C20H22N2O3/c1-3-25-20(24)19(15-7-5-4-6-8-15)21-17-9-10-18-16(13-17)11-12-22(18)14(2)23/h4-10,13,19,21H,3,11-12H2,1-2H3/t19-/m1/s1. The Morgan fingerprint density at radius 1 is 1.20 bits per heavy atom. The summed E-state index contributed by atoms with van der Waals surface area (Å²) in [5.74, 6) is -0.257. The lowest BCUT2D eigenvalue weighted by Gasteiger charge is -2.20. The van der Waals surface area contributed by atoms with Crippen LogP contribution in [-0.4, -0.2) is 25.0 Å². The van der Waals surface area contributed by atoms with Crippen LogP contribution in [-0.2, 0) is 20.7 Å². The van der Waals surface area contributed by atoms with Crippen molar-refractivity contribution in [2.45, 2.75) is 26.3 Å². The maximum absolute atomic E-state index is 12.4. The summed E-state index contributed by atoms with van der Waals surface area (Å²) in [6.07, 6.45) is 0.819. The lowest BCUT2D eigenvalue weighted by molar-refractivity contribution is -0.144. The number of carbonyl (C=O) groups excluding carboxylic acids is 2. The van der Waals surface area contributed by atoms with Crippen LogP contribution in [0.4, 0.5) is 11.4 Å². The fourth-order valence-corrected chi connectivity index (χ4v) is 3.13. The summed E-state index contributed by atoms with van der Waals surface area (Å²) in [5, 5.41) is 3.28. The van der Waals surface area contributed by atoms with Crippen LogP contribution in [0.1, 0.15) is 31.0 Å². The van der Waals surface area contributed by atoms with Crippen LogP contribution in [0.3, 0.4) is 0 Å². The molecule has 5 heteroatoms. The molecule has 130 valence electrons. The highest BCUT2D eigenvalue weighted by atomic mass is 16.5. The van der Waals surface area contributed by atoms with E-state index in [4.69, 9.17) is 4.74 Å². The molecule has 0 aliphatic carbocycles. The maximum atomic E-state index is 12.4. The molecule has 2 aromatic rings. The molecule has 0 unspecified atom stereocenters. The van der Waals surface area contributed by atoms with Gasteiger partial charge in [-0.1, -0.05) is 30.3 Å². The maximum Gasteiger partial charge on any atom is 0.333 e. The minimum absolute atomic E-state index is 0.0492. The Morgan fingerprint density at radius 2 is 1.96 bits per heavy atom. The summed E-state index contributed by atoms with van der Waals surface area (Å²) < 4.78 is 5.22. The average molecular weight is 338 g/mol. The molecule has 3 rings (SSSR count). The number of ether oxygens (including phenoxy) is 1. The molecule has 1 aliphatic heterocycles. The van der Waals surface area contributed by atoms with Crippen LogP contribution in [0.25, 0.3) is 0 Å². The van der Waals surface area contributed by atoms with Crippen molar-refractivity contribution < 1.29 is 14.3 Å². The molecule has 1 heterocycles. The monoisotopic (exact) mass is 338 g/mol. The number of hydrogen-bond donors (Lipinski definition) is 1. The number of rotatable bonds is 5. The number of esters is 1. The van der Waals surface area contributed by atoms with Gasteiger partial charge >= 0.3 is 5.97 Å². The summed E-state index contributed by atoms with van der Waals surface area (Å²) in [5.41, 5.74) is 3.75. The largest absolute Gasteiger partial charge is 0.464 e.